The molecule has 3 rings (SSSR count). The Morgan fingerprint density at radius 1 is 1.17 bits per heavy atom. The van der Waals surface area contributed by atoms with Crippen molar-refractivity contribution < 1.29 is 4.79 Å². The van der Waals surface area contributed by atoms with E-state index in [-0.39, 0.29) is 0 Å². The topological polar surface area (TPSA) is 32.3 Å². The summed E-state index contributed by atoms with van der Waals surface area (Å²) in [5, 5.41) is 3.46. The number of amides is 1. The summed E-state index contributed by atoms with van der Waals surface area (Å²) in [6.45, 7) is 1.58. The number of nitrogens with one attached hydrogen (secondary N) is 1. The lowest BCUT2D eigenvalue weighted by Crippen LogP contribution is -2.45. The van der Waals surface area contributed by atoms with Crippen LogP contribution in [0.1, 0.15) is 38.5 Å². The van der Waals surface area contributed by atoms with Crippen molar-refractivity contribution in [3.8, 4) is 0 Å². The van der Waals surface area contributed by atoms with Gasteiger partial charge in [-0.1, -0.05) is 12.8 Å². The van der Waals surface area contributed by atoms with Crippen molar-refractivity contribution in [1.29, 1.82) is 0 Å². The highest BCUT2D eigenvalue weighted by Crippen LogP contribution is 2.32. The van der Waals surface area contributed by atoms with Gasteiger partial charge in [0.05, 0.1) is 12.7 Å². The molecule has 0 bridgehead atoms. The van der Waals surface area contributed by atoms with Crippen LogP contribution in [0.5, 0.6) is 0 Å². The van der Waals surface area contributed by atoms with Crippen LogP contribution in [0.4, 0.5) is 0 Å². The Balaban J connectivity index is 1.61. The summed E-state index contributed by atoms with van der Waals surface area (Å²) in [6, 6.07) is 0. The molecule has 0 aromatic heterocycles. The molecule has 3 nitrogen and oxygen atoms in total. The fourth-order valence-corrected chi connectivity index (χ4v) is 4.88. The molecule has 18 heavy (non-hydrogen) atoms. The van der Waals surface area contributed by atoms with Crippen molar-refractivity contribution in [2.75, 3.05) is 24.6 Å². The van der Waals surface area contributed by atoms with Gasteiger partial charge < -0.3 is 4.90 Å². The number of hydrogen-bond acceptors (Lipinski definition) is 3. The third kappa shape index (κ3) is 2.69. The highest BCUT2D eigenvalue weighted by molar-refractivity contribution is 7.99. The highest BCUT2D eigenvalue weighted by Gasteiger charge is 2.38. The van der Waals surface area contributed by atoms with Gasteiger partial charge in [0, 0.05) is 6.54 Å². The van der Waals surface area contributed by atoms with E-state index in [1.165, 1.54) is 50.0 Å². The molecular formula is C14H24N2OS. The molecule has 0 aromatic carbocycles. The molecule has 1 aliphatic carbocycles. The van der Waals surface area contributed by atoms with Crippen LogP contribution in [0, 0.1) is 11.8 Å². The molecule has 4 heteroatoms. The maximum Gasteiger partial charge on any atom is 0.237 e. The maximum absolute atomic E-state index is 12.1. The van der Waals surface area contributed by atoms with Crippen molar-refractivity contribution in [3.63, 3.8) is 0 Å². The molecule has 1 N–H and O–H groups in total. The van der Waals surface area contributed by atoms with Gasteiger partial charge in [-0.25, -0.2) is 0 Å². The van der Waals surface area contributed by atoms with Gasteiger partial charge in [0.15, 0.2) is 0 Å². The van der Waals surface area contributed by atoms with Crippen LogP contribution < -0.4 is 5.32 Å². The first-order valence-corrected chi connectivity index (χ1v) is 8.60. The quantitative estimate of drug-likeness (QED) is 0.850. The Morgan fingerprint density at radius 2 is 1.89 bits per heavy atom. The summed E-state index contributed by atoms with van der Waals surface area (Å²) >= 11 is 2.06. The molecule has 0 aromatic rings. The Bertz CT molecular complexity index is 298. The SMILES string of the molecule is O=C1CNC(C2CCCC2)N1CC1CCSCC1. The van der Waals surface area contributed by atoms with Gasteiger partial charge in [-0.05, 0) is 49.0 Å². The van der Waals surface area contributed by atoms with Crippen molar-refractivity contribution in [2.45, 2.75) is 44.7 Å². The lowest BCUT2D eigenvalue weighted by Gasteiger charge is -2.33. The van der Waals surface area contributed by atoms with E-state index in [1.807, 2.05) is 0 Å². The van der Waals surface area contributed by atoms with E-state index in [0.717, 1.165) is 18.4 Å². The molecule has 2 aliphatic heterocycles. The third-order valence-electron chi connectivity index (χ3n) is 4.76. The van der Waals surface area contributed by atoms with E-state index in [9.17, 15) is 4.79 Å². The highest BCUT2D eigenvalue weighted by atomic mass is 32.2. The molecule has 0 radical (unpaired) electrons. The lowest BCUT2D eigenvalue weighted by atomic mass is 9.99. The molecule has 1 saturated carbocycles. The van der Waals surface area contributed by atoms with Gasteiger partial charge in [0.25, 0.3) is 0 Å². The minimum atomic E-state index is 0.338. The zero-order valence-corrected chi connectivity index (χ0v) is 11.9. The average molecular weight is 268 g/mol. The number of carbonyl (C=O) groups excluding carboxylic acids is 1. The normalized spacial score (nSPS) is 31.4. The Labute approximate surface area is 114 Å². The van der Waals surface area contributed by atoms with Crippen LogP contribution >= 0.6 is 11.8 Å². The fourth-order valence-electron chi connectivity index (χ4n) is 3.68. The van der Waals surface area contributed by atoms with Crippen LogP contribution in [-0.2, 0) is 4.79 Å². The fraction of sp³-hybridized carbons (Fsp3) is 0.929. The molecule has 2 saturated heterocycles. The minimum absolute atomic E-state index is 0.338. The largest absolute Gasteiger partial charge is 0.325 e. The minimum Gasteiger partial charge on any atom is -0.325 e. The summed E-state index contributed by atoms with van der Waals surface area (Å²) in [5.41, 5.74) is 0. The van der Waals surface area contributed by atoms with Crippen LogP contribution in [0.15, 0.2) is 0 Å². The number of nitrogens with zero attached hydrogens (tertiary/aromatic N) is 1. The molecule has 3 aliphatic rings. The summed E-state index contributed by atoms with van der Waals surface area (Å²) in [6.07, 6.45) is 8.27. The zero-order chi connectivity index (χ0) is 12.4. The summed E-state index contributed by atoms with van der Waals surface area (Å²) in [4.78, 5) is 14.3. The Kier molecular flexibility index (Phi) is 4.14. The smallest absolute Gasteiger partial charge is 0.237 e. The van der Waals surface area contributed by atoms with E-state index < -0.39 is 0 Å². The maximum atomic E-state index is 12.1. The predicted molar refractivity (Wildman–Crippen MR) is 75.5 cm³/mol. The first kappa shape index (κ1) is 12.8. The van der Waals surface area contributed by atoms with E-state index >= 15 is 0 Å². The Morgan fingerprint density at radius 3 is 2.61 bits per heavy atom. The zero-order valence-electron chi connectivity index (χ0n) is 11.1. The van der Waals surface area contributed by atoms with E-state index in [4.69, 9.17) is 0 Å². The van der Waals surface area contributed by atoms with E-state index in [0.29, 0.717) is 18.6 Å². The van der Waals surface area contributed by atoms with Crippen LogP contribution in [0.3, 0.4) is 0 Å². The second kappa shape index (κ2) is 5.83. The molecule has 3 fully saturated rings. The Hall–Kier alpha value is -0.220. The first-order chi connectivity index (χ1) is 8.84. The molecule has 2 heterocycles. The molecule has 102 valence electrons. The standard InChI is InChI=1S/C14H24N2OS/c17-13-9-15-14(12-3-1-2-4-12)16(13)10-11-5-7-18-8-6-11/h11-12,14-15H,1-10H2. The predicted octanol–water partition coefficient (Wildman–Crippen LogP) is 2.08. The van der Waals surface area contributed by atoms with Gasteiger partial charge in [-0.3, -0.25) is 10.1 Å². The van der Waals surface area contributed by atoms with E-state index in [1.54, 1.807) is 0 Å². The van der Waals surface area contributed by atoms with Gasteiger partial charge in [0.1, 0.15) is 0 Å². The lowest BCUT2D eigenvalue weighted by molar-refractivity contribution is -0.129. The van der Waals surface area contributed by atoms with Crippen molar-refractivity contribution >= 4 is 17.7 Å². The number of rotatable bonds is 3. The second-order valence-electron chi connectivity index (χ2n) is 5.97. The van der Waals surface area contributed by atoms with Crippen molar-refractivity contribution in [2.24, 2.45) is 11.8 Å². The molecule has 0 spiro atoms. The van der Waals surface area contributed by atoms with Crippen molar-refractivity contribution in [3.05, 3.63) is 0 Å². The summed E-state index contributed by atoms with van der Waals surface area (Å²) < 4.78 is 0. The number of hydrogen-bond donors (Lipinski definition) is 1. The van der Waals surface area contributed by atoms with Gasteiger partial charge in [-0.15, -0.1) is 0 Å². The second-order valence-corrected chi connectivity index (χ2v) is 7.20. The van der Waals surface area contributed by atoms with Crippen LogP contribution in [0.25, 0.3) is 0 Å². The monoisotopic (exact) mass is 268 g/mol. The molecule has 1 amide bonds. The van der Waals surface area contributed by atoms with Crippen LogP contribution in [-0.4, -0.2) is 41.6 Å². The first-order valence-electron chi connectivity index (χ1n) is 7.45. The summed E-state index contributed by atoms with van der Waals surface area (Å²) in [5.74, 6) is 4.38. The van der Waals surface area contributed by atoms with Gasteiger partial charge in [-0.2, -0.15) is 11.8 Å². The number of thioether (sulfide) groups is 1. The third-order valence-corrected chi connectivity index (χ3v) is 5.81. The molecule has 1 unspecified atom stereocenters. The molecular weight excluding hydrogens is 244 g/mol. The van der Waals surface area contributed by atoms with E-state index in [2.05, 4.69) is 22.0 Å². The molecule has 1 atom stereocenters. The number of carbonyl (C=O) groups is 1. The van der Waals surface area contributed by atoms with Gasteiger partial charge >= 0.3 is 0 Å². The van der Waals surface area contributed by atoms with Crippen molar-refractivity contribution in [1.82, 2.24) is 10.2 Å². The van der Waals surface area contributed by atoms with Crippen LogP contribution in [0.2, 0.25) is 0 Å². The summed E-state index contributed by atoms with van der Waals surface area (Å²) in [7, 11) is 0. The van der Waals surface area contributed by atoms with Gasteiger partial charge in [0.2, 0.25) is 5.91 Å². The average Bonchev–Trinajstić information content (AvgIpc) is 3.02.